The lowest BCUT2D eigenvalue weighted by Crippen LogP contribution is -2.24. The summed E-state index contributed by atoms with van der Waals surface area (Å²) >= 11 is 0. The Labute approximate surface area is 114 Å². The van der Waals surface area contributed by atoms with E-state index in [1.807, 2.05) is 26.0 Å². The van der Waals surface area contributed by atoms with Crippen LogP contribution < -0.4 is 19.9 Å². The first kappa shape index (κ1) is 14.0. The minimum absolute atomic E-state index is 0.0568. The molecule has 1 aliphatic rings. The van der Waals surface area contributed by atoms with Gasteiger partial charge in [-0.15, -0.1) is 0 Å². The fourth-order valence-electron chi connectivity index (χ4n) is 2.13. The minimum Gasteiger partial charge on any atom is -0.496 e. The lowest BCUT2D eigenvalue weighted by molar-refractivity contribution is 0.228. The topological polar surface area (TPSA) is 53.7 Å². The van der Waals surface area contributed by atoms with Gasteiger partial charge in [-0.3, -0.25) is 0 Å². The van der Waals surface area contributed by atoms with Gasteiger partial charge in [-0.1, -0.05) is 0 Å². The number of nitrogens with two attached hydrogens (primary N) is 1. The van der Waals surface area contributed by atoms with Crippen LogP contribution in [0.15, 0.2) is 12.1 Å². The maximum atomic E-state index is 6.18. The molecule has 106 valence electrons. The van der Waals surface area contributed by atoms with Crippen molar-refractivity contribution in [2.45, 2.75) is 44.8 Å². The largest absolute Gasteiger partial charge is 0.496 e. The average Bonchev–Trinajstić information content (AvgIpc) is 3.07. The highest BCUT2D eigenvalue weighted by Crippen LogP contribution is 2.41. The lowest BCUT2D eigenvalue weighted by Gasteiger charge is -2.18. The van der Waals surface area contributed by atoms with E-state index in [0.29, 0.717) is 5.75 Å². The van der Waals surface area contributed by atoms with Gasteiger partial charge in [-0.05, 0) is 44.7 Å². The quantitative estimate of drug-likeness (QED) is 0.858. The molecule has 0 atom stereocenters. The third-order valence-electron chi connectivity index (χ3n) is 3.36. The van der Waals surface area contributed by atoms with E-state index in [1.54, 1.807) is 14.2 Å². The highest BCUT2D eigenvalue weighted by Gasteiger charge is 2.39. The number of hydrogen-bond donors (Lipinski definition) is 1. The van der Waals surface area contributed by atoms with Crippen LogP contribution in [0.25, 0.3) is 0 Å². The zero-order chi connectivity index (χ0) is 14.0. The first-order chi connectivity index (χ1) is 8.97. The lowest BCUT2D eigenvalue weighted by atomic mass is 10.0. The molecule has 1 aliphatic carbocycles. The van der Waals surface area contributed by atoms with Crippen LogP contribution in [0.4, 0.5) is 0 Å². The normalized spacial score (nSPS) is 16.3. The van der Waals surface area contributed by atoms with Crippen LogP contribution in [0.2, 0.25) is 0 Å². The summed E-state index contributed by atoms with van der Waals surface area (Å²) in [6.45, 7) is 3.97. The smallest absolute Gasteiger partial charge is 0.165 e. The molecule has 4 heteroatoms. The molecule has 4 nitrogen and oxygen atoms in total. The molecule has 0 saturated heterocycles. The number of methoxy groups -OCH3 is 2. The summed E-state index contributed by atoms with van der Waals surface area (Å²) in [5.74, 6) is 2.25. The number of rotatable bonds is 6. The van der Waals surface area contributed by atoms with Crippen LogP contribution in [-0.4, -0.2) is 25.9 Å². The molecule has 0 unspecified atom stereocenters. The Morgan fingerprint density at radius 3 is 2.21 bits per heavy atom. The van der Waals surface area contributed by atoms with Crippen LogP contribution in [0, 0.1) is 0 Å². The van der Waals surface area contributed by atoms with Gasteiger partial charge >= 0.3 is 0 Å². The molecule has 0 amide bonds. The summed E-state index contributed by atoms with van der Waals surface area (Å²) in [5, 5.41) is 0. The third kappa shape index (κ3) is 3.32. The Kier molecular flexibility index (Phi) is 3.90. The zero-order valence-electron chi connectivity index (χ0n) is 12.2. The maximum absolute atomic E-state index is 6.18. The van der Waals surface area contributed by atoms with E-state index in [0.717, 1.165) is 36.3 Å². The van der Waals surface area contributed by atoms with E-state index >= 15 is 0 Å². The molecule has 0 aliphatic heterocycles. The number of hydrogen-bond acceptors (Lipinski definition) is 4. The van der Waals surface area contributed by atoms with Crippen LogP contribution in [0.5, 0.6) is 17.2 Å². The van der Waals surface area contributed by atoms with Gasteiger partial charge in [0.2, 0.25) is 0 Å². The molecule has 1 saturated carbocycles. The molecule has 1 fully saturated rings. The SMILES string of the molecule is COc1cc(OC(C)C)c(OC)cc1CC1(N)CC1. The fraction of sp³-hybridized carbons (Fsp3) is 0.600. The van der Waals surface area contributed by atoms with E-state index in [2.05, 4.69) is 0 Å². The number of ether oxygens (including phenoxy) is 3. The molecule has 1 aromatic rings. The molecule has 0 bridgehead atoms. The van der Waals surface area contributed by atoms with Crippen molar-refractivity contribution in [3.63, 3.8) is 0 Å². The van der Waals surface area contributed by atoms with Crippen molar-refractivity contribution in [2.24, 2.45) is 5.73 Å². The van der Waals surface area contributed by atoms with E-state index in [4.69, 9.17) is 19.9 Å². The van der Waals surface area contributed by atoms with Gasteiger partial charge in [0.15, 0.2) is 11.5 Å². The monoisotopic (exact) mass is 265 g/mol. The predicted molar refractivity (Wildman–Crippen MR) is 75.2 cm³/mol. The fourth-order valence-corrected chi connectivity index (χ4v) is 2.13. The third-order valence-corrected chi connectivity index (χ3v) is 3.36. The Morgan fingerprint density at radius 2 is 1.74 bits per heavy atom. The van der Waals surface area contributed by atoms with Crippen molar-refractivity contribution in [2.75, 3.05) is 14.2 Å². The van der Waals surface area contributed by atoms with Gasteiger partial charge in [0.25, 0.3) is 0 Å². The zero-order valence-corrected chi connectivity index (χ0v) is 12.2. The van der Waals surface area contributed by atoms with Crippen molar-refractivity contribution in [3.05, 3.63) is 17.7 Å². The molecular formula is C15H23NO3. The second-order valence-corrected chi connectivity index (χ2v) is 5.52. The molecule has 0 aromatic heterocycles. The first-order valence-corrected chi connectivity index (χ1v) is 6.68. The van der Waals surface area contributed by atoms with E-state index in [1.165, 1.54) is 0 Å². The standard InChI is InChI=1S/C15H23NO3/c1-10(2)19-14-8-12(17-3)11(7-13(14)18-4)9-15(16)5-6-15/h7-8,10H,5-6,9,16H2,1-4H3. The van der Waals surface area contributed by atoms with Gasteiger partial charge in [0.05, 0.1) is 20.3 Å². The molecule has 0 radical (unpaired) electrons. The van der Waals surface area contributed by atoms with Gasteiger partial charge in [0.1, 0.15) is 5.75 Å². The van der Waals surface area contributed by atoms with Crippen molar-refractivity contribution in [3.8, 4) is 17.2 Å². The summed E-state index contributed by atoms with van der Waals surface area (Å²) in [6.07, 6.45) is 3.05. The van der Waals surface area contributed by atoms with Crippen LogP contribution in [-0.2, 0) is 6.42 Å². The van der Waals surface area contributed by atoms with E-state index in [-0.39, 0.29) is 11.6 Å². The minimum atomic E-state index is -0.0568. The van der Waals surface area contributed by atoms with Gasteiger partial charge in [0, 0.05) is 11.6 Å². The molecule has 1 aromatic carbocycles. The molecule has 0 spiro atoms. The first-order valence-electron chi connectivity index (χ1n) is 6.68. The Balaban J connectivity index is 2.32. The van der Waals surface area contributed by atoms with E-state index in [9.17, 15) is 0 Å². The molecule has 2 rings (SSSR count). The van der Waals surface area contributed by atoms with Gasteiger partial charge < -0.3 is 19.9 Å². The highest BCUT2D eigenvalue weighted by atomic mass is 16.5. The van der Waals surface area contributed by atoms with Gasteiger partial charge in [-0.2, -0.15) is 0 Å². The predicted octanol–water partition coefficient (Wildman–Crippen LogP) is 2.52. The molecule has 2 N–H and O–H groups in total. The second kappa shape index (κ2) is 5.29. The second-order valence-electron chi connectivity index (χ2n) is 5.52. The number of benzene rings is 1. The van der Waals surface area contributed by atoms with E-state index < -0.39 is 0 Å². The molecular weight excluding hydrogens is 242 g/mol. The summed E-state index contributed by atoms with van der Waals surface area (Å²) in [4.78, 5) is 0. The van der Waals surface area contributed by atoms with Crippen molar-refractivity contribution < 1.29 is 14.2 Å². The molecule has 19 heavy (non-hydrogen) atoms. The van der Waals surface area contributed by atoms with Crippen LogP contribution in [0.1, 0.15) is 32.3 Å². The van der Waals surface area contributed by atoms with Crippen molar-refractivity contribution in [1.29, 1.82) is 0 Å². The van der Waals surface area contributed by atoms with Crippen molar-refractivity contribution in [1.82, 2.24) is 0 Å². The summed E-state index contributed by atoms with van der Waals surface area (Å²) < 4.78 is 16.6. The average molecular weight is 265 g/mol. The summed E-state index contributed by atoms with van der Waals surface area (Å²) in [7, 11) is 3.31. The summed E-state index contributed by atoms with van der Waals surface area (Å²) in [5.41, 5.74) is 7.21. The highest BCUT2D eigenvalue weighted by molar-refractivity contribution is 5.51. The van der Waals surface area contributed by atoms with Crippen molar-refractivity contribution >= 4 is 0 Å². The Hall–Kier alpha value is -1.42. The van der Waals surface area contributed by atoms with Crippen LogP contribution in [0.3, 0.4) is 0 Å². The Bertz CT molecular complexity index is 453. The molecule has 0 heterocycles. The van der Waals surface area contributed by atoms with Gasteiger partial charge in [-0.25, -0.2) is 0 Å². The Morgan fingerprint density at radius 1 is 1.11 bits per heavy atom. The maximum Gasteiger partial charge on any atom is 0.165 e. The summed E-state index contributed by atoms with van der Waals surface area (Å²) in [6, 6.07) is 3.86. The van der Waals surface area contributed by atoms with Crippen LogP contribution >= 0.6 is 0 Å².